The van der Waals surface area contributed by atoms with E-state index in [9.17, 15) is 4.79 Å². The van der Waals surface area contributed by atoms with E-state index >= 15 is 0 Å². The third-order valence-corrected chi connectivity index (χ3v) is 4.60. The molecular formula is C14H22N4O2. The molecule has 6 heteroatoms. The molecular weight excluding hydrogens is 256 g/mol. The molecule has 0 spiro atoms. The minimum Gasteiger partial charge on any atom is -0.378 e. The van der Waals surface area contributed by atoms with Gasteiger partial charge in [-0.3, -0.25) is 4.79 Å². The summed E-state index contributed by atoms with van der Waals surface area (Å²) in [4.78, 5) is 12.1. The third kappa shape index (κ3) is 2.44. The number of hydrogen-bond acceptors (Lipinski definition) is 4. The van der Waals surface area contributed by atoms with Crippen molar-refractivity contribution in [1.29, 1.82) is 0 Å². The van der Waals surface area contributed by atoms with Gasteiger partial charge in [-0.15, -0.1) is 10.2 Å². The van der Waals surface area contributed by atoms with Crippen LogP contribution in [0.2, 0.25) is 0 Å². The average molecular weight is 278 g/mol. The zero-order valence-corrected chi connectivity index (χ0v) is 12.1. The monoisotopic (exact) mass is 278 g/mol. The van der Waals surface area contributed by atoms with Crippen LogP contribution in [0.5, 0.6) is 0 Å². The average Bonchev–Trinajstić information content (AvgIpc) is 2.93. The largest absolute Gasteiger partial charge is 0.378 e. The molecule has 1 N–H and O–H groups in total. The van der Waals surface area contributed by atoms with E-state index in [1.54, 1.807) is 0 Å². The van der Waals surface area contributed by atoms with Gasteiger partial charge in [0.05, 0.1) is 18.6 Å². The predicted molar refractivity (Wildman–Crippen MR) is 73.0 cm³/mol. The summed E-state index contributed by atoms with van der Waals surface area (Å²) in [7, 11) is 1.98. The SMILES string of the molecule is C[C@@H]1OCC[C@@H]1C(=O)NCc1nnc(C2CCC2)n1C. The van der Waals surface area contributed by atoms with Crippen LogP contribution in [0.1, 0.15) is 50.2 Å². The Balaban J connectivity index is 1.58. The molecule has 1 aromatic heterocycles. The molecule has 110 valence electrons. The maximum Gasteiger partial charge on any atom is 0.226 e. The summed E-state index contributed by atoms with van der Waals surface area (Å²) in [6.07, 6.45) is 4.51. The molecule has 2 aliphatic rings. The first-order valence-electron chi connectivity index (χ1n) is 7.44. The Bertz CT molecular complexity index is 495. The van der Waals surface area contributed by atoms with Crippen LogP contribution in [0.15, 0.2) is 0 Å². The number of rotatable bonds is 4. The number of nitrogens with one attached hydrogen (secondary N) is 1. The van der Waals surface area contributed by atoms with Gasteiger partial charge in [-0.25, -0.2) is 0 Å². The summed E-state index contributed by atoms with van der Waals surface area (Å²) in [5.41, 5.74) is 0. The van der Waals surface area contributed by atoms with Crippen molar-refractivity contribution < 1.29 is 9.53 Å². The van der Waals surface area contributed by atoms with E-state index in [2.05, 4.69) is 15.5 Å². The summed E-state index contributed by atoms with van der Waals surface area (Å²) in [5, 5.41) is 11.4. The van der Waals surface area contributed by atoms with Crippen LogP contribution >= 0.6 is 0 Å². The highest BCUT2D eigenvalue weighted by atomic mass is 16.5. The molecule has 0 aromatic carbocycles. The van der Waals surface area contributed by atoms with Crippen molar-refractivity contribution in [3.63, 3.8) is 0 Å². The van der Waals surface area contributed by atoms with E-state index in [1.165, 1.54) is 19.3 Å². The van der Waals surface area contributed by atoms with E-state index in [1.807, 2.05) is 18.5 Å². The molecule has 1 amide bonds. The Morgan fingerprint density at radius 3 is 2.80 bits per heavy atom. The van der Waals surface area contributed by atoms with Gasteiger partial charge in [0.15, 0.2) is 5.82 Å². The Labute approximate surface area is 118 Å². The molecule has 2 fully saturated rings. The van der Waals surface area contributed by atoms with Gasteiger partial charge in [-0.1, -0.05) is 6.42 Å². The molecule has 1 aliphatic heterocycles. The first-order chi connectivity index (χ1) is 9.66. The second-order valence-electron chi connectivity index (χ2n) is 5.85. The lowest BCUT2D eigenvalue weighted by molar-refractivity contribution is -0.126. The van der Waals surface area contributed by atoms with Crippen LogP contribution in [0.4, 0.5) is 0 Å². The van der Waals surface area contributed by atoms with Gasteiger partial charge in [-0.05, 0) is 26.2 Å². The highest BCUT2D eigenvalue weighted by Gasteiger charge is 2.31. The van der Waals surface area contributed by atoms with Crippen molar-refractivity contribution in [3.8, 4) is 0 Å². The van der Waals surface area contributed by atoms with Gasteiger partial charge < -0.3 is 14.6 Å². The second kappa shape index (κ2) is 5.52. The zero-order chi connectivity index (χ0) is 14.1. The first-order valence-corrected chi connectivity index (χ1v) is 7.44. The zero-order valence-electron chi connectivity index (χ0n) is 12.1. The minimum atomic E-state index is -0.0330. The van der Waals surface area contributed by atoms with E-state index in [-0.39, 0.29) is 17.9 Å². The van der Waals surface area contributed by atoms with E-state index in [0.717, 1.165) is 18.1 Å². The molecule has 3 rings (SSSR count). The fourth-order valence-electron chi connectivity index (χ4n) is 2.92. The third-order valence-electron chi connectivity index (χ3n) is 4.60. The van der Waals surface area contributed by atoms with E-state index in [4.69, 9.17) is 4.74 Å². The van der Waals surface area contributed by atoms with Crippen LogP contribution < -0.4 is 5.32 Å². The Morgan fingerprint density at radius 2 is 2.20 bits per heavy atom. The van der Waals surface area contributed by atoms with Crippen molar-refractivity contribution in [2.75, 3.05) is 6.61 Å². The molecule has 20 heavy (non-hydrogen) atoms. The van der Waals surface area contributed by atoms with Crippen molar-refractivity contribution in [3.05, 3.63) is 11.6 Å². The van der Waals surface area contributed by atoms with Crippen LogP contribution in [0.3, 0.4) is 0 Å². The minimum absolute atomic E-state index is 0.0139. The lowest BCUT2D eigenvalue weighted by atomic mass is 9.85. The number of hydrogen-bond donors (Lipinski definition) is 1. The maximum atomic E-state index is 12.1. The standard InChI is InChI=1S/C14H22N4O2/c1-9-11(6-7-20-9)14(19)15-8-12-16-17-13(18(12)2)10-4-3-5-10/h9-11H,3-8H2,1-2H3,(H,15,19)/t9-,11-/m0/s1. The van der Waals surface area contributed by atoms with E-state index < -0.39 is 0 Å². The van der Waals surface area contributed by atoms with Crippen LogP contribution in [-0.4, -0.2) is 33.4 Å². The summed E-state index contributed by atoms with van der Waals surface area (Å²) in [6.45, 7) is 3.07. The Hall–Kier alpha value is -1.43. The topological polar surface area (TPSA) is 69.0 Å². The summed E-state index contributed by atoms with van der Waals surface area (Å²) >= 11 is 0. The number of amides is 1. The van der Waals surface area contributed by atoms with Crippen LogP contribution in [-0.2, 0) is 23.1 Å². The number of aromatic nitrogens is 3. The molecule has 1 aromatic rings. The Morgan fingerprint density at radius 1 is 1.40 bits per heavy atom. The Kier molecular flexibility index (Phi) is 3.74. The molecule has 2 heterocycles. The van der Waals surface area contributed by atoms with Crippen LogP contribution in [0.25, 0.3) is 0 Å². The lowest BCUT2D eigenvalue weighted by Crippen LogP contribution is -2.34. The predicted octanol–water partition coefficient (Wildman–Crippen LogP) is 1.12. The fraction of sp³-hybridized carbons (Fsp3) is 0.786. The van der Waals surface area contributed by atoms with Crippen molar-refractivity contribution >= 4 is 5.91 Å². The van der Waals surface area contributed by atoms with Crippen molar-refractivity contribution in [1.82, 2.24) is 20.1 Å². The normalized spacial score (nSPS) is 26.5. The summed E-state index contributed by atoms with van der Waals surface area (Å²) < 4.78 is 7.45. The molecule has 1 aliphatic carbocycles. The number of ether oxygens (including phenoxy) is 1. The molecule has 1 saturated heterocycles. The number of nitrogens with zero attached hydrogens (tertiary/aromatic N) is 3. The fourth-order valence-corrected chi connectivity index (χ4v) is 2.92. The highest BCUT2D eigenvalue weighted by molar-refractivity contribution is 5.79. The molecule has 0 radical (unpaired) electrons. The first kappa shape index (κ1) is 13.5. The van der Waals surface area contributed by atoms with Crippen molar-refractivity contribution in [2.45, 2.75) is 51.2 Å². The molecule has 1 saturated carbocycles. The molecule has 6 nitrogen and oxygen atoms in total. The smallest absolute Gasteiger partial charge is 0.226 e. The van der Waals surface area contributed by atoms with E-state index in [0.29, 0.717) is 19.1 Å². The lowest BCUT2D eigenvalue weighted by Gasteiger charge is -2.24. The quantitative estimate of drug-likeness (QED) is 0.896. The van der Waals surface area contributed by atoms with Gasteiger partial charge in [0, 0.05) is 19.6 Å². The number of carbonyl (C=O) groups is 1. The van der Waals surface area contributed by atoms with Gasteiger partial charge in [0.25, 0.3) is 0 Å². The number of carbonyl (C=O) groups excluding carboxylic acids is 1. The molecule has 0 unspecified atom stereocenters. The van der Waals surface area contributed by atoms with Gasteiger partial charge in [0.2, 0.25) is 5.91 Å². The molecule has 0 bridgehead atoms. The van der Waals surface area contributed by atoms with Gasteiger partial charge in [0.1, 0.15) is 5.82 Å². The van der Waals surface area contributed by atoms with Gasteiger partial charge in [-0.2, -0.15) is 0 Å². The van der Waals surface area contributed by atoms with Crippen molar-refractivity contribution in [2.24, 2.45) is 13.0 Å². The summed E-state index contributed by atoms with van der Waals surface area (Å²) in [6, 6.07) is 0. The van der Waals surface area contributed by atoms with Crippen LogP contribution in [0, 0.1) is 5.92 Å². The van der Waals surface area contributed by atoms with Gasteiger partial charge >= 0.3 is 0 Å². The second-order valence-corrected chi connectivity index (χ2v) is 5.85. The molecule has 2 atom stereocenters. The summed E-state index contributed by atoms with van der Waals surface area (Å²) in [5.74, 6) is 2.46. The maximum absolute atomic E-state index is 12.1. The highest BCUT2D eigenvalue weighted by Crippen LogP contribution is 2.35.